The average Bonchev–Trinajstić information content (AvgIpc) is 1.90. The normalized spacial score (nSPS) is 11.0. The van der Waals surface area contributed by atoms with Crippen molar-refractivity contribution in [1.29, 1.82) is 0 Å². The first-order chi connectivity index (χ1) is 4.85. The highest BCUT2D eigenvalue weighted by molar-refractivity contribution is 6.24. The molecule has 0 aromatic carbocycles. The van der Waals surface area contributed by atoms with Crippen LogP contribution < -0.4 is 0 Å². The lowest BCUT2D eigenvalue weighted by molar-refractivity contribution is 0.221. The molecule has 0 aliphatic rings. The zero-order valence-corrected chi connectivity index (χ0v) is 8.09. The summed E-state index contributed by atoms with van der Waals surface area (Å²) in [6.45, 7) is 9.47. The van der Waals surface area contributed by atoms with Gasteiger partial charge in [-0.2, -0.15) is 0 Å². The molecule has 0 spiro atoms. The van der Waals surface area contributed by atoms with Gasteiger partial charge in [-0.15, -0.1) is 13.2 Å². The quantitative estimate of drug-likeness (QED) is 0.420. The molecule has 1 nitrogen and oxygen atoms in total. The third-order valence-electron chi connectivity index (χ3n) is 1.26. The van der Waals surface area contributed by atoms with E-state index in [0.29, 0.717) is 6.10 Å². The van der Waals surface area contributed by atoms with Gasteiger partial charge in [-0.1, -0.05) is 18.7 Å². The van der Waals surface area contributed by atoms with Crippen LogP contribution in [0.25, 0.3) is 0 Å². The molecule has 0 bridgehead atoms. The van der Waals surface area contributed by atoms with Gasteiger partial charge in [-0.25, -0.2) is 0 Å². The number of hydrogen-bond acceptors (Lipinski definition) is 1. The van der Waals surface area contributed by atoms with Crippen LogP contribution in [0.3, 0.4) is 0 Å². The Hall–Kier alpha value is -0.343. The summed E-state index contributed by atoms with van der Waals surface area (Å²) in [6, 6.07) is 0. The summed E-state index contributed by atoms with van der Waals surface area (Å²) in [4.78, 5) is 0. The molecular formula is C8H16OSi. The van der Waals surface area contributed by atoms with Gasteiger partial charge in [-0.3, -0.25) is 0 Å². The molecule has 2 heteroatoms. The van der Waals surface area contributed by atoms with E-state index in [9.17, 15) is 0 Å². The van der Waals surface area contributed by atoms with E-state index in [1.165, 1.54) is 0 Å². The van der Waals surface area contributed by atoms with E-state index in [0.717, 1.165) is 12.8 Å². The molecule has 0 saturated heterocycles. The van der Waals surface area contributed by atoms with Gasteiger partial charge in [-0.05, 0) is 12.8 Å². The van der Waals surface area contributed by atoms with Crippen molar-refractivity contribution in [3.63, 3.8) is 0 Å². The number of hydrogen-bond donors (Lipinski definition) is 0. The summed E-state index contributed by atoms with van der Waals surface area (Å²) in [5.74, 6) is 0. The van der Waals surface area contributed by atoms with Crippen molar-refractivity contribution in [3.05, 3.63) is 25.3 Å². The van der Waals surface area contributed by atoms with Gasteiger partial charge in [0, 0.05) is 0 Å². The minimum Gasteiger partial charge on any atom is -0.421 e. The molecule has 0 heterocycles. The summed E-state index contributed by atoms with van der Waals surface area (Å²) in [5, 5.41) is 0. The van der Waals surface area contributed by atoms with Gasteiger partial charge in [0.1, 0.15) is 0 Å². The minimum atomic E-state index is -0.270. The first-order valence-electron chi connectivity index (χ1n) is 3.68. The fourth-order valence-electron chi connectivity index (χ4n) is 0.840. The van der Waals surface area contributed by atoms with E-state index in [-0.39, 0.29) is 9.76 Å². The van der Waals surface area contributed by atoms with E-state index in [2.05, 4.69) is 19.7 Å². The van der Waals surface area contributed by atoms with Gasteiger partial charge in [0.2, 0.25) is 0 Å². The van der Waals surface area contributed by atoms with Gasteiger partial charge in [0.05, 0.1) is 6.10 Å². The molecule has 0 unspecified atom stereocenters. The Kier molecular flexibility index (Phi) is 6.54. The Balaban J connectivity index is 3.48. The molecule has 0 saturated carbocycles. The van der Waals surface area contributed by atoms with Gasteiger partial charge in [0.25, 0.3) is 0 Å². The van der Waals surface area contributed by atoms with Crippen molar-refractivity contribution in [1.82, 2.24) is 0 Å². The maximum atomic E-state index is 5.52. The fourth-order valence-corrected chi connectivity index (χ4v) is 1.58. The number of rotatable bonds is 6. The predicted molar refractivity (Wildman–Crippen MR) is 48.9 cm³/mol. The van der Waals surface area contributed by atoms with E-state index < -0.39 is 0 Å². The van der Waals surface area contributed by atoms with Crippen LogP contribution in [0, 0.1) is 0 Å². The smallest absolute Gasteiger partial charge is 0.158 e. The van der Waals surface area contributed by atoms with Crippen LogP contribution in [-0.2, 0) is 4.43 Å². The molecule has 0 aromatic heterocycles. The third-order valence-corrected chi connectivity index (χ3v) is 2.07. The molecule has 58 valence electrons. The molecule has 0 rings (SSSR count). The van der Waals surface area contributed by atoms with Crippen LogP contribution in [0.2, 0.25) is 6.55 Å². The molecule has 10 heavy (non-hydrogen) atoms. The van der Waals surface area contributed by atoms with Crippen LogP contribution in [0.5, 0.6) is 0 Å². The van der Waals surface area contributed by atoms with Crippen molar-refractivity contribution in [3.8, 4) is 0 Å². The average molecular weight is 156 g/mol. The monoisotopic (exact) mass is 156 g/mol. The highest BCUT2D eigenvalue weighted by Gasteiger charge is 2.01. The Bertz CT molecular complexity index is 91.4. The predicted octanol–water partition coefficient (Wildman–Crippen LogP) is 1.66. The van der Waals surface area contributed by atoms with Gasteiger partial charge >= 0.3 is 0 Å². The lowest BCUT2D eigenvalue weighted by atomic mass is 10.2. The van der Waals surface area contributed by atoms with Gasteiger partial charge < -0.3 is 4.43 Å². The van der Waals surface area contributed by atoms with Crippen molar-refractivity contribution in [2.45, 2.75) is 25.5 Å². The lowest BCUT2D eigenvalue weighted by Gasteiger charge is -2.12. The van der Waals surface area contributed by atoms with Crippen LogP contribution in [-0.4, -0.2) is 15.9 Å². The van der Waals surface area contributed by atoms with Crippen LogP contribution in [0.1, 0.15) is 12.8 Å². The summed E-state index contributed by atoms with van der Waals surface area (Å²) in [5.41, 5.74) is 0. The first kappa shape index (κ1) is 9.66. The summed E-state index contributed by atoms with van der Waals surface area (Å²) < 4.78 is 5.52. The Morgan fingerprint density at radius 2 is 1.90 bits per heavy atom. The molecule has 0 aromatic rings. The zero-order valence-electron chi connectivity index (χ0n) is 6.68. The second-order valence-corrected chi connectivity index (χ2v) is 3.04. The molecule has 0 fully saturated rings. The van der Waals surface area contributed by atoms with Crippen LogP contribution in [0.15, 0.2) is 25.3 Å². The standard InChI is InChI=1S/C8H16OSi/c1-4-6-8(7-5-2)9-10-3/h4-5,8H,1-2,6-7,10H2,3H3. The fraction of sp³-hybridized carbons (Fsp3) is 0.500. The first-order valence-corrected chi connectivity index (χ1v) is 5.67. The Morgan fingerprint density at radius 1 is 1.40 bits per heavy atom. The molecule has 0 amide bonds. The molecule has 0 atom stereocenters. The molecule has 0 aliphatic heterocycles. The summed E-state index contributed by atoms with van der Waals surface area (Å²) in [6.07, 6.45) is 6.06. The highest BCUT2D eigenvalue weighted by Crippen LogP contribution is 2.03. The SMILES string of the molecule is C=CCC(CC=C)O[SiH2]C. The Labute approximate surface area is 65.7 Å². The Morgan fingerprint density at radius 3 is 2.20 bits per heavy atom. The topological polar surface area (TPSA) is 9.23 Å². The van der Waals surface area contributed by atoms with Crippen molar-refractivity contribution in [2.75, 3.05) is 0 Å². The molecule has 0 radical (unpaired) electrons. The van der Waals surface area contributed by atoms with E-state index in [4.69, 9.17) is 4.43 Å². The zero-order chi connectivity index (χ0) is 7.82. The summed E-state index contributed by atoms with van der Waals surface area (Å²) in [7, 11) is -0.270. The van der Waals surface area contributed by atoms with Crippen LogP contribution in [0.4, 0.5) is 0 Å². The van der Waals surface area contributed by atoms with Crippen molar-refractivity contribution >= 4 is 9.76 Å². The summed E-state index contributed by atoms with van der Waals surface area (Å²) >= 11 is 0. The van der Waals surface area contributed by atoms with Crippen LogP contribution >= 0.6 is 0 Å². The third kappa shape index (κ3) is 4.53. The van der Waals surface area contributed by atoms with Crippen molar-refractivity contribution in [2.24, 2.45) is 0 Å². The lowest BCUT2D eigenvalue weighted by Crippen LogP contribution is -2.11. The van der Waals surface area contributed by atoms with Crippen molar-refractivity contribution < 1.29 is 4.43 Å². The second-order valence-electron chi connectivity index (χ2n) is 2.13. The highest BCUT2D eigenvalue weighted by atomic mass is 28.2. The maximum absolute atomic E-state index is 5.52. The molecule has 0 N–H and O–H groups in total. The second kappa shape index (κ2) is 6.77. The molecular weight excluding hydrogens is 140 g/mol. The van der Waals surface area contributed by atoms with E-state index in [1.54, 1.807) is 0 Å². The minimum absolute atomic E-state index is 0.270. The maximum Gasteiger partial charge on any atom is 0.158 e. The van der Waals surface area contributed by atoms with E-state index >= 15 is 0 Å². The van der Waals surface area contributed by atoms with Gasteiger partial charge in [0.15, 0.2) is 9.76 Å². The largest absolute Gasteiger partial charge is 0.421 e. The molecule has 0 aliphatic carbocycles. The van der Waals surface area contributed by atoms with E-state index in [1.807, 2.05) is 12.2 Å².